The molecular weight excluding hydrogens is 353 g/mol. The molecule has 1 aromatic carbocycles. The molecule has 0 unspecified atom stereocenters. The van der Waals surface area contributed by atoms with Crippen LogP contribution in [0.4, 0.5) is 13.2 Å². The molecule has 0 aliphatic carbocycles. The van der Waals surface area contributed by atoms with Crippen LogP contribution in [0.5, 0.6) is 5.75 Å². The minimum Gasteiger partial charge on any atom is -0.496 e. The van der Waals surface area contributed by atoms with Crippen molar-refractivity contribution in [2.24, 2.45) is 0 Å². The third kappa shape index (κ3) is 3.09. The molecule has 2 heterocycles. The summed E-state index contributed by atoms with van der Waals surface area (Å²) < 4.78 is 46.2. The third-order valence-corrected chi connectivity index (χ3v) is 4.37. The van der Waals surface area contributed by atoms with E-state index in [-0.39, 0.29) is 11.1 Å². The van der Waals surface area contributed by atoms with E-state index in [0.29, 0.717) is 16.5 Å². The van der Waals surface area contributed by atoms with Crippen LogP contribution in [0.2, 0.25) is 0 Å². The van der Waals surface area contributed by atoms with Crippen LogP contribution in [0.15, 0.2) is 52.5 Å². The topological polar surface area (TPSA) is 43.6 Å². The van der Waals surface area contributed by atoms with Crippen molar-refractivity contribution in [3.63, 3.8) is 0 Å². The number of aromatic nitrogens is 2. The van der Waals surface area contributed by atoms with Gasteiger partial charge in [-0.1, -0.05) is 30.0 Å². The largest absolute Gasteiger partial charge is 0.496 e. The van der Waals surface area contributed by atoms with Gasteiger partial charge in [-0.05, 0) is 24.5 Å². The Labute approximate surface area is 145 Å². The Balaban J connectivity index is 2.45. The van der Waals surface area contributed by atoms with Crippen molar-refractivity contribution in [2.45, 2.75) is 11.3 Å². The molecule has 25 heavy (non-hydrogen) atoms. The average Bonchev–Trinajstić information content (AvgIpc) is 2.59. The summed E-state index contributed by atoms with van der Waals surface area (Å²) in [6.07, 6.45) is -1.54. The fourth-order valence-corrected chi connectivity index (χ4v) is 3.12. The number of fused-ring (bicyclic) bond motifs is 1. The van der Waals surface area contributed by atoms with Gasteiger partial charge in [0.2, 0.25) is 0 Å². The van der Waals surface area contributed by atoms with Gasteiger partial charge in [0.1, 0.15) is 5.75 Å². The SMILES string of the molecule is COc1ccccc1-c1c(=O)nc(SC)n2ccc(C(F)(F)F)cc12. The molecule has 0 spiro atoms. The van der Waals surface area contributed by atoms with Gasteiger partial charge in [0.05, 0.1) is 23.8 Å². The summed E-state index contributed by atoms with van der Waals surface area (Å²) in [6.45, 7) is 0. The van der Waals surface area contributed by atoms with Crippen molar-refractivity contribution in [1.82, 2.24) is 9.38 Å². The number of benzene rings is 1. The highest BCUT2D eigenvalue weighted by Gasteiger charge is 2.31. The monoisotopic (exact) mass is 366 g/mol. The molecule has 130 valence electrons. The lowest BCUT2D eigenvalue weighted by molar-refractivity contribution is -0.137. The van der Waals surface area contributed by atoms with Crippen LogP contribution in [-0.2, 0) is 6.18 Å². The number of thioether (sulfide) groups is 1. The molecule has 0 saturated heterocycles. The van der Waals surface area contributed by atoms with E-state index in [9.17, 15) is 18.0 Å². The lowest BCUT2D eigenvalue weighted by Gasteiger charge is -2.15. The number of para-hydroxylation sites is 1. The first-order valence-corrected chi connectivity index (χ1v) is 8.40. The van der Waals surface area contributed by atoms with E-state index in [1.165, 1.54) is 29.5 Å². The molecule has 4 nitrogen and oxygen atoms in total. The van der Waals surface area contributed by atoms with Crippen molar-refractivity contribution in [2.75, 3.05) is 13.4 Å². The van der Waals surface area contributed by atoms with Crippen molar-refractivity contribution < 1.29 is 17.9 Å². The maximum Gasteiger partial charge on any atom is 0.416 e. The zero-order valence-corrected chi connectivity index (χ0v) is 14.1. The third-order valence-electron chi connectivity index (χ3n) is 3.71. The molecule has 2 aromatic heterocycles. The summed E-state index contributed by atoms with van der Waals surface area (Å²) in [5.41, 5.74) is -0.841. The van der Waals surface area contributed by atoms with E-state index < -0.39 is 17.3 Å². The number of methoxy groups -OCH3 is 1. The number of ether oxygens (including phenoxy) is 1. The van der Waals surface area contributed by atoms with E-state index in [2.05, 4.69) is 4.98 Å². The fraction of sp³-hybridized carbons (Fsp3) is 0.176. The Kier molecular flexibility index (Phi) is 4.47. The van der Waals surface area contributed by atoms with Gasteiger partial charge in [-0.15, -0.1) is 0 Å². The van der Waals surface area contributed by atoms with Gasteiger partial charge >= 0.3 is 6.18 Å². The Morgan fingerprint density at radius 3 is 2.56 bits per heavy atom. The van der Waals surface area contributed by atoms with Gasteiger partial charge in [-0.25, -0.2) is 0 Å². The maximum atomic E-state index is 13.1. The van der Waals surface area contributed by atoms with Gasteiger partial charge in [0.15, 0.2) is 5.16 Å². The van der Waals surface area contributed by atoms with Gasteiger partial charge < -0.3 is 4.74 Å². The second kappa shape index (κ2) is 6.44. The molecule has 0 bridgehead atoms. The number of nitrogens with zero attached hydrogens (tertiary/aromatic N) is 2. The van der Waals surface area contributed by atoms with Gasteiger partial charge in [-0.3, -0.25) is 9.20 Å². The average molecular weight is 366 g/mol. The van der Waals surface area contributed by atoms with Crippen LogP contribution in [0, 0.1) is 0 Å². The molecule has 0 fully saturated rings. The highest BCUT2D eigenvalue weighted by molar-refractivity contribution is 7.98. The summed E-state index contributed by atoms with van der Waals surface area (Å²) >= 11 is 1.18. The number of alkyl halides is 3. The van der Waals surface area contributed by atoms with Crippen molar-refractivity contribution >= 4 is 17.3 Å². The molecule has 0 aliphatic rings. The summed E-state index contributed by atoms with van der Waals surface area (Å²) in [7, 11) is 1.43. The highest BCUT2D eigenvalue weighted by atomic mass is 32.2. The lowest BCUT2D eigenvalue weighted by atomic mass is 10.0. The first-order chi connectivity index (χ1) is 11.9. The Bertz CT molecular complexity index is 999. The molecule has 0 atom stereocenters. The Morgan fingerprint density at radius 2 is 1.92 bits per heavy atom. The van der Waals surface area contributed by atoms with Crippen molar-refractivity contribution in [3.05, 3.63) is 58.5 Å². The van der Waals surface area contributed by atoms with Gasteiger partial charge in [0.25, 0.3) is 5.56 Å². The van der Waals surface area contributed by atoms with Crippen LogP contribution in [-0.4, -0.2) is 22.8 Å². The molecule has 0 amide bonds. The van der Waals surface area contributed by atoms with E-state index in [0.717, 1.165) is 12.1 Å². The second-order valence-electron chi connectivity index (χ2n) is 5.15. The van der Waals surface area contributed by atoms with Crippen LogP contribution >= 0.6 is 11.8 Å². The number of hydrogen-bond acceptors (Lipinski definition) is 4. The Hall–Kier alpha value is -2.48. The second-order valence-corrected chi connectivity index (χ2v) is 5.92. The van der Waals surface area contributed by atoms with E-state index >= 15 is 0 Å². The highest BCUT2D eigenvalue weighted by Crippen LogP contribution is 2.35. The summed E-state index contributed by atoms with van der Waals surface area (Å²) in [5, 5.41) is 0.312. The fourth-order valence-electron chi connectivity index (χ4n) is 2.59. The summed E-state index contributed by atoms with van der Waals surface area (Å²) in [6, 6.07) is 8.59. The molecule has 3 rings (SSSR count). The minimum atomic E-state index is -4.52. The molecule has 0 aliphatic heterocycles. The minimum absolute atomic E-state index is 0.0707. The first-order valence-electron chi connectivity index (χ1n) is 7.18. The standard InChI is InChI=1S/C17H13F3N2O2S/c1-24-13-6-4-3-5-11(13)14-12-9-10(17(18,19)20)7-8-22(12)16(25-2)21-15(14)23/h3-9H,1-2H3. The van der Waals surface area contributed by atoms with Crippen LogP contribution in [0.25, 0.3) is 16.6 Å². The first kappa shape index (κ1) is 17.3. The van der Waals surface area contributed by atoms with Gasteiger partial charge in [-0.2, -0.15) is 18.2 Å². The smallest absolute Gasteiger partial charge is 0.416 e. The molecule has 8 heteroatoms. The van der Waals surface area contributed by atoms with Crippen LogP contribution in [0.1, 0.15) is 5.56 Å². The molecule has 0 N–H and O–H groups in total. The molecular formula is C17H13F3N2O2S. The predicted octanol–water partition coefficient (Wildman–Crippen LogP) is 4.11. The molecule has 3 aromatic rings. The van der Waals surface area contributed by atoms with Gasteiger partial charge in [0, 0.05) is 11.8 Å². The zero-order valence-electron chi connectivity index (χ0n) is 13.3. The quantitative estimate of drug-likeness (QED) is 0.517. The number of hydrogen-bond donors (Lipinski definition) is 0. The van der Waals surface area contributed by atoms with Crippen molar-refractivity contribution in [3.8, 4) is 16.9 Å². The Morgan fingerprint density at radius 1 is 1.20 bits per heavy atom. The predicted molar refractivity (Wildman–Crippen MR) is 90.2 cm³/mol. The summed E-state index contributed by atoms with van der Waals surface area (Å²) in [5.74, 6) is 0.387. The van der Waals surface area contributed by atoms with Crippen molar-refractivity contribution in [1.29, 1.82) is 0 Å². The normalized spacial score (nSPS) is 11.7. The van der Waals surface area contributed by atoms with Crippen LogP contribution in [0.3, 0.4) is 0 Å². The maximum absolute atomic E-state index is 13.1. The van der Waals surface area contributed by atoms with E-state index in [1.54, 1.807) is 30.5 Å². The number of pyridine rings is 1. The lowest BCUT2D eigenvalue weighted by Crippen LogP contribution is -2.16. The van der Waals surface area contributed by atoms with Crippen LogP contribution < -0.4 is 10.3 Å². The number of halogens is 3. The van der Waals surface area contributed by atoms with E-state index in [1.807, 2.05) is 0 Å². The number of rotatable bonds is 3. The molecule has 0 saturated carbocycles. The van der Waals surface area contributed by atoms with E-state index in [4.69, 9.17) is 4.74 Å². The zero-order chi connectivity index (χ0) is 18.2. The molecule has 0 radical (unpaired) electrons. The summed E-state index contributed by atoms with van der Waals surface area (Å²) in [4.78, 5) is 16.6.